The molecule has 5 atom stereocenters. The molecule has 0 spiro atoms. The van der Waals surface area contributed by atoms with Gasteiger partial charge in [-0.1, -0.05) is 0 Å². The van der Waals surface area contributed by atoms with Gasteiger partial charge in [0.15, 0.2) is 18.2 Å². The van der Waals surface area contributed by atoms with Gasteiger partial charge in [-0.25, -0.2) is 4.79 Å². The van der Waals surface area contributed by atoms with Gasteiger partial charge < -0.3 is 28.4 Å². The van der Waals surface area contributed by atoms with Gasteiger partial charge in [-0.05, 0) is 42.0 Å². The van der Waals surface area contributed by atoms with Gasteiger partial charge in [0.25, 0.3) is 0 Å². The highest BCUT2D eigenvalue weighted by Crippen LogP contribution is 2.30. The minimum Gasteiger partial charge on any atom is -0.463 e. The molecule has 1 aromatic carbocycles. The molecule has 0 N–H and O–H groups in total. The molecule has 1 aromatic heterocycles. The van der Waals surface area contributed by atoms with Crippen LogP contribution in [0, 0.1) is 0 Å². The maximum Gasteiger partial charge on any atom is 0.345 e. The topological polar surface area (TPSA) is 166 Å². The summed E-state index contributed by atoms with van der Waals surface area (Å²) in [6.07, 6.45) is -0.721. The van der Waals surface area contributed by atoms with Crippen LogP contribution < -0.4 is 4.74 Å². The van der Waals surface area contributed by atoms with E-state index in [1.165, 1.54) is 37.7 Å². The van der Waals surface area contributed by atoms with Gasteiger partial charge in [0.05, 0.1) is 5.56 Å². The van der Waals surface area contributed by atoms with E-state index in [9.17, 15) is 24.0 Å². The zero-order valence-corrected chi connectivity index (χ0v) is 22.2. The lowest BCUT2D eigenvalue weighted by atomic mass is 9.96. The Morgan fingerprint density at radius 3 is 2.10 bits per heavy atom. The van der Waals surface area contributed by atoms with Gasteiger partial charge in [0, 0.05) is 46.3 Å². The van der Waals surface area contributed by atoms with Crippen molar-refractivity contribution in [2.75, 3.05) is 6.61 Å². The van der Waals surface area contributed by atoms with Crippen LogP contribution in [0.1, 0.15) is 43.6 Å². The number of nitrogens with zero attached hydrogens (tertiary/aromatic N) is 2. The largest absolute Gasteiger partial charge is 0.463 e. The molecule has 212 valence electrons. The molecule has 2 heterocycles. The van der Waals surface area contributed by atoms with Crippen LogP contribution in [0.4, 0.5) is 0 Å². The van der Waals surface area contributed by atoms with Crippen molar-refractivity contribution in [3.63, 3.8) is 0 Å². The minimum atomic E-state index is -1.38. The Balaban J connectivity index is 1.87. The number of pyridine rings is 1. The predicted molar refractivity (Wildman–Crippen MR) is 135 cm³/mol. The van der Waals surface area contributed by atoms with Crippen molar-refractivity contribution in [1.82, 2.24) is 4.98 Å². The number of hydrogen-bond acceptors (Lipinski definition) is 13. The second kappa shape index (κ2) is 13.9. The first kappa shape index (κ1) is 29.9. The van der Waals surface area contributed by atoms with E-state index in [4.69, 9.17) is 28.4 Å². The number of benzene rings is 1. The molecule has 13 heteroatoms. The highest BCUT2D eigenvalue weighted by atomic mass is 16.7. The summed E-state index contributed by atoms with van der Waals surface area (Å²) < 4.78 is 32.3. The van der Waals surface area contributed by atoms with Crippen LogP contribution >= 0.6 is 0 Å². The second-order valence-corrected chi connectivity index (χ2v) is 8.57. The van der Waals surface area contributed by atoms with Gasteiger partial charge in [-0.15, -0.1) is 0 Å². The monoisotopic (exact) mass is 556 g/mol. The van der Waals surface area contributed by atoms with Crippen molar-refractivity contribution < 1.29 is 52.4 Å². The number of carbonyl (C=O) groups excluding carboxylic acids is 5. The van der Waals surface area contributed by atoms with E-state index in [1.807, 2.05) is 0 Å². The normalized spacial score (nSPS) is 22.1. The lowest BCUT2D eigenvalue weighted by Crippen LogP contribution is -2.61. The molecule has 1 saturated heterocycles. The van der Waals surface area contributed by atoms with Crippen LogP contribution in [0.15, 0.2) is 53.8 Å². The zero-order chi connectivity index (χ0) is 29.2. The van der Waals surface area contributed by atoms with E-state index in [1.54, 1.807) is 24.3 Å². The average Bonchev–Trinajstić information content (AvgIpc) is 2.89. The second-order valence-electron chi connectivity index (χ2n) is 8.57. The van der Waals surface area contributed by atoms with E-state index in [2.05, 4.69) is 9.98 Å². The molecule has 0 aliphatic carbocycles. The number of aliphatic imine (C=N–C) groups is 1. The molecule has 1 aliphatic heterocycles. The van der Waals surface area contributed by atoms with Crippen LogP contribution in [0.5, 0.6) is 5.75 Å². The van der Waals surface area contributed by atoms with Crippen LogP contribution in [-0.2, 0) is 42.9 Å². The highest BCUT2D eigenvalue weighted by Gasteiger charge is 2.51. The molecule has 0 radical (unpaired) electrons. The SMILES string of the molecule is CC(=O)OC[C@@H]1O[C@H](OC(C)=O)[C@H](N=Cc2ccc(OC(=O)c3cccnc3)cc2)[C@H](OC(C)=O)[C@H]1OC(C)=O. The van der Waals surface area contributed by atoms with E-state index < -0.39 is 60.5 Å². The van der Waals surface area contributed by atoms with Crippen molar-refractivity contribution >= 4 is 36.1 Å². The third kappa shape index (κ3) is 8.70. The molecule has 1 aliphatic rings. The summed E-state index contributed by atoms with van der Waals surface area (Å²) >= 11 is 0. The molecule has 13 nitrogen and oxygen atoms in total. The van der Waals surface area contributed by atoms with Gasteiger partial charge in [-0.3, -0.25) is 29.2 Å². The Kier molecular flexibility index (Phi) is 10.4. The maximum absolute atomic E-state index is 12.2. The summed E-state index contributed by atoms with van der Waals surface area (Å²) in [5.74, 6) is -3.11. The van der Waals surface area contributed by atoms with Crippen LogP contribution in [-0.4, -0.2) is 78.3 Å². The Bertz CT molecular complexity index is 1250. The van der Waals surface area contributed by atoms with Gasteiger partial charge in [0.2, 0.25) is 6.29 Å². The third-order valence-corrected chi connectivity index (χ3v) is 5.34. The molecular formula is C27H28N2O11. The van der Waals surface area contributed by atoms with E-state index in [0.29, 0.717) is 5.56 Å². The van der Waals surface area contributed by atoms with Gasteiger partial charge in [0.1, 0.15) is 18.5 Å². The fourth-order valence-electron chi connectivity index (χ4n) is 3.75. The maximum atomic E-state index is 12.2. The lowest BCUT2D eigenvalue weighted by molar-refractivity contribution is -0.266. The van der Waals surface area contributed by atoms with Crippen molar-refractivity contribution in [3.8, 4) is 5.75 Å². The van der Waals surface area contributed by atoms with Crippen molar-refractivity contribution in [2.45, 2.75) is 58.3 Å². The van der Waals surface area contributed by atoms with Gasteiger partial charge >= 0.3 is 29.8 Å². The first-order valence-corrected chi connectivity index (χ1v) is 12.1. The molecule has 3 rings (SSSR count). The van der Waals surface area contributed by atoms with Crippen LogP contribution in [0.25, 0.3) is 0 Å². The molecule has 0 saturated carbocycles. The van der Waals surface area contributed by atoms with Gasteiger partial charge in [-0.2, -0.15) is 0 Å². The molecule has 0 unspecified atom stereocenters. The Hall–Kier alpha value is -4.65. The van der Waals surface area contributed by atoms with E-state index in [-0.39, 0.29) is 17.9 Å². The molecule has 40 heavy (non-hydrogen) atoms. The van der Waals surface area contributed by atoms with Crippen LogP contribution in [0.3, 0.4) is 0 Å². The molecule has 1 fully saturated rings. The third-order valence-electron chi connectivity index (χ3n) is 5.34. The minimum absolute atomic E-state index is 0.269. The quantitative estimate of drug-likeness (QED) is 0.190. The molecule has 0 bridgehead atoms. The molecule has 2 aromatic rings. The summed E-state index contributed by atoms with van der Waals surface area (Å²) in [6.45, 7) is 4.24. The number of ether oxygens (including phenoxy) is 6. The first-order chi connectivity index (χ1) is 19.0. The summed E-state index contributed by atoms with van der Waals surface area (Å²) in [4.78, 5) is 67.7. The standard InChI is InChI=1S/C27H28N2O11/c1-15(30)35-14-22-24(36-16(2)31)25(37-17(3)32)23(27(40-22)38-18(4)33)29-12-19-7-9-21(10-8-19)39-26(34)20-6-5-11-28-13-20/h5-13,22-25,27H,14H2,1-4H3/t22-,23+,24-,25-,27-/m0/s1. The number of hydrogen-bond donors (Lipinski definition) is 0. The zero-order valence-electron chi connectivity index (χ0n) is 22.2. The Labute approximate surface area is 229 Å². The van der Waals surface area contributed by atoms with Crippen LogP contribution in [0.2, 0.25) is 0 Å². The van der Waals surface area contributed by atoms with Crippen molar-refractivity contribution in [2.24, 2.45) is 4.99 Å². The fourth-order valence-corrected chi connectivity index (χ4v) is 3.75. The predicted octanol–water partition coefficient (Wildman–Crippen LogP) is 1.80. The fraction of sp³-hybridized carbons (Fsp3) is 0.370. The van der Waals surface area contributed by atoms with E-state index in [0.717, 1.165) is 20.8 Å². The molecule has 0 amide bonds. The first-order valence-electron chi connectivity index (χ1n) is 12.1. The summed E-state index contributed by atoms with van der Waals surface area (Å²) in [5, 5.41) is 0. The number of aromatic nitrogens is 1. The molecular weight excluding hydrogens is 528 g/mol. The number of carbonyl (C=O) groups is 5. The Morgan fingerprint density at radius 1 is 0.875 bits per heavy atom. The summed E-state index contributed by atoms with van der Waals surface area (Å²) in [5.41, 5.74) is 0.822. The van der Waals surface area contributed by atoms with Crippen molar-refractivity contribution in [3.05, 3.63) is 59.9 Å². The average molecular weight is 557 g/mol. The number of rotatable bonds is 9. The summed E-state index contributed by atoms with van der Waals surface area (Å²) in [6, 6.07) is 8.30. The lowest BCUT2D eigenvalue weighted by Gasteiger charge is -2.42. The van der Waals surface area contributed by atoms with E-state index >= 15 is 0 Å². The highest BCUT2D eigenvalue weighted by molar-refractivity contribution is 5.90. The smallest absolute Gasteiger partial charge is 0.345 e. The number of esters is 5. The Morgan fingerprint density at radius 2 is 1.52 bits per heavy atom. The van der Waals surface area contributed by atoms with Crippen molar-refractivity contribution in [1.29, 1.82) is 0 Å². The summed E-state index contributed by atoms with van der Waals surface area (Å²) in [7, 11) is 0.